The van der Waals surface area contributed by atoms with Crippen LogP contribution >= 0.6 is 0 Å². The second kappa shape index (κ2) is 8.52. The molecule has 1 atom stereocenters. The van der Waals surface area contributed by atoms with Crippen LogP contribution in [0.15, 0.2) is 0 Å². The van der Waals surface area contributed by atoms with Gasteiger partial charge in [-0.3, -0.25) is 14.5 Å². The Kier molecular flexibility index (Phi) is 6.37. The predicted octanol–water partition coefficient (Wildman–Crippen LogP) is 2.36. The summed E-state index contributed by atoms with van der Waals surface area (Å²) >= 11 is 0. The smallest absolute Gasteiger partial charge is 0.240 e. The molecule has 142 valence electrons. The molecule has 1 unspecified atom stereocenters. The number of hydrogen-bond donors (Lipinski definition) is 0. The lowest BCUT2D eigenvalue weighted by Crippen LogP contribution is -2.59. The standard InChI is InChI=1S/C20H35N3O2/c1-16(2)19(24)23-14-12-21(13-15-23)18(17-8-4-5-9-17)20(25)22-10-6-3-7-11-22/h16-18H,3-15H2,1-2H3. The van der Waals surface area contributed by atoms with Crippen LogP contribution in [-0.4, -0.2) is 71.8 Å². The van der Waals surface area contributed by atoms with Gasteiger partial charge < -0.3 is 9.80 Å². The monoisotopic (exact) mass is 349 g/mol. The molecule has 3 rings (SSSR count). The number of carbonyl (C=O) groups is 2. The molecular weight excluding hydrogens is 314 g/mol. The number of piperazine rings is 1. The van der Waals surface area contributed by atoms with E-state index in [0.717, 1.165) is 52.1 Å². The van der Waals surface area contributed by atoms with E-state index in [1.165, 1.54) is 32.1 Å². The van der Waals surface area contributed by atoms with Gasteiger partial charge >= 0.3 is 0 Å². The molecule has 2 amide bonds. The van der Waals surface area contributed by atoms with Crippen molar-refractivity contribution in [3.8, 4) is 0 Å². The lowest BCUT2D eigenvalue weighted by Gasteiger charge is -2.43. The molecule has 0 spiro atoms. The molecule has 5 nitrogen and oxygen atoms in total. The van der Waals surface area contributed by atoms with E-state index in [1.807, 2.05) is 18.7 Å². The first-order valence-corrected chi connectivity index (χ1v) is 10.4. The largest absolute Gasteiger partial charge is 0.341 e. The van der Waals surface area contributed by atoms with Gasteiger partial charge in [-0.2, -0.15) is 0 Å². The Hall–Kier alpha value is -1.10. The molecule has 2 aliphatic heterocycles. The van der Waals surface area contributed by atoms with Crippen LogP contribution in [0.3, 0.4) is 0 Å². The second-order valence-electron chi connectivity index (χ2n) is 8.39. The fourth-order valence-corrected chi connectivity index (χ4v) is 4.82. The summed E-state index contributed by atoms with van der Waals surface area (Å²) in [4.78, 5) is 32.1. The average molecular weight is 350 g/mol. The summed E-state index contributed by atoms with van der Waals surface area (Å²) in [6.45, 7) is 9.05. The lowest BCUT2D eigenvalue weighted by atomic mass is 9.93. The van der Waals surface area contributed by atoms with Gasteiger partial charge in [0, 0.05) is 45.2 Å². The molecule has 0 N–H and O–H groups in total. The number of piperidine rings is 1. The van der Waals surface area contributed by atoms with Crippen molar-refractivity contribution >= 4 is 11.8 Å². The molecule has 1 saturated carbocycles. The SMILES string of the molecule is CC(C)C(=O)N1CCN(C(C(=O)N2CCCCC2)C2CCCC2)CC1. The molecule has 0 bridgehead atoms. The molecule has 0 radical (unpaired) electrons. The number of amides is 2. The molecule has 2 heterocycles. The van der Waals surface area contributed by atoms with Crippen LogP contribution in [0.25, 0.3) is 0 Å². The number of rotatable bonds is 4. The normalized spacial score (nSPS) is 24.8. The Morgan fingerprint density at radius 1 is 0.720 bits per heavy atom. The van der Waals surface area contributed by atoms with Crippen molar-refractivity contribution in [3.63, 3.8) is 0 Å². The molecule has 3 aliphatic rings. The maximum atomic E-state index is 13.3. The molecule has 25 heavy (non-hydrogen) atoms. The highest BCUT2D eigenvalue weighted by Gasteiger charge is 2.39. The Balaban J connectivity index is 1.65. The third kappa shape index (κ3) is 4.36. The van der Waals surface area contributed by atoms with Gasteiger partial charge in [0.25, 0.3) is 0 Å². The highest BCUT2D eigenvalue weighted by atomic mass is 16.2. The maximum absolute atomic E-state index is 13.3. The molecule has 2 saturated heterocycles. The fourth-order valence-electron chi connectivity index (χ4n) is 4.82. The van der Waals surface area contributed by atoms with Crippen molar-refractivity contribution in [3.05, 3.63) is 0 Å². The minimum atomic E-state index is 0.0527. The lowest BCUT2D eigenvalue weighted by molar-refractivity contribution is -0.143. The molecule has 1 aliphatic carbocycles. The van der Waals surface area contributed by atoms with Gasteiger partial charge in [-0.25, -0.2) is 0 Å². The summed E-state index contributed by atoms with van der Waals surface area (Å²) in [5.74, 6) is 1.20. The fraction of sp³-hybridized carbons (Fsp3) is 0.900. The summed E-state index contributed by atoms with van der Waals surface area (Å²) in [5.41, 5.74) is 0. The summed E-state index contributed by atoms with van der Waals surface area (Å²) in [6.07, 6.45) is 8.47. The molecular formula is C20H35N3O2. The average Bonchev–Trinajstić information content (AvgIpc) is 3.16. The minimum absolute atomic E-state index is 0.0527. The zero-order valence-electron chi connectivity index (χ0n) is 16.1. The van der Waals surface area contributed by atoms with Crippen LogP contribution < -0.4 is 0 Å². The highest BCUT2D eigenvalue weighted by molar-refractivity contribution is 5.82. The van der Waals surface area contributed by atoms with Crippen LogP contribution in [-0.2, 0) is 9.59 Å². The summed E-state index contributed by atoms with van der Waals surface area (Å²) in [6, 6.07) is 0.0527. The van der Waals surface area contributed by atoms with Crippen molar-refractivity contribution in [2.75, 3.05) is 39.3 Å². The topological polar surface area (TPSA) is 43.9 Å². The van der Waals surface area contributed by atoms with Crippen LogP contribution in [0, 0.1) is 11.8 Å². The number of carbonyl (C=O) groups excluding carboxylic acids is 2. The van der Waals surface area contributed by atoms with Crippen LogP contribution in [0.5, 0.6) is 0 Å². The van der Waals surface area contributed by atoms with Crippen molar-refractivity contribution in [2.24, 2.45) is 11.8 Å². The van der Waals surface area contributed by atoms with E-state index in [2.05, 4.69) is 9.80 Å². The first-order valence-electron chi connectivity index (χ1n) is 10.4. The maximum Gasteiger partial charge on any atom is 0.240 e. The van der Waals surface area contributed by atoms with Gasteiger partial charge in [0.05, 0.1) is 6.04 Å². The second-order valence-corrected chi connectivity index (χ2v) is 8.39. The Labute approximate surface area is 152 Å². The first kappa shape index (κ1) is 18.7. The van der Waals surface area contributed by atoms with Gasteiger partial charge in [-0.1, -0.05) is 26.7 Å². The first-order chi connectivity index (χ1) is 12.1. The van der Waals surface area contributed by atoms with Crippen LogP contribution in [0.2, 0.25) is 0 Å². The molecule has 5 heteroatoms. The van der Waals surface area contributed by atoms with E-state index in [1.54, 1.807) is 0 Å². The van der Waals surface area contributed by atoms with Crippen LogP contribution in [0.1, 0.15) is 58.8 Å². The summed E-state index contributed by atoms with van der Waals surface area (Å²) in [7, 11) is 0. The number of likely N-dealkylation sites (tertiary alicyclic amines) is 1. The van der Waals surface area contributed by atoms with E-state index in [9.17, 15) is 9.59 Å². The van der Waals surface area contributed by atoms with E-state index in [4.69, 9.17) is 0 Å². The van der Waals surface area contributed by atoms with E-state index >= 15 is 0 Å². The molecule has 0 aromatic rings. The zero-order valence-corrected chi connectivity index (χ0v) is 16.1. The van der Waals surface area contributed by atoms with E-state index < -0.39 is 0 Å². The van der Waals surface area contributed by atoms with Gasteiger partial charge in [0.2, 0.25) is 11.8 Å². The van der Waals surface area contributed by atoms with Gasteiger partial charge in [-0.05, 0) is 38.0 Å². The van der Waals surface area contributed by atoms with Crippen LogP contribution in [0.4, 0.5) is 0 Å². The van der Waals surface area contributed by atoms with Gasteiger partial charge in [0.15, 0.2) is 0 Å². The molecule has 3 fully saturated rings. The minimum Gasteiger partial charge on any atom is -0.341 e. The zero-order chi connectivity index (χ0) is 17.8. The number of nitrogens with zero attached hydrogens (tertiary/aromatic N) is 3. The van der Waals surface area contributed by atoms with Crippen molar-refractivity contribution in [1.82, 2.24) is 14.7 Å². The Morgan fingerprint density at radius 2 is 1.28 bits per heavy atom. The molecule has 0 aromatic heterocycles. The third-order valence-electron chi connectivity index (χ3n) is 6.28. The number of hydrogen-bond acceptors (Lipinski definition) is 3. The summed E-state index contributed by atoms with van der Waals surface area (Å²) in [5, 5.41) is 0. The van der Waals surface area contributed by atoms with Crippen molar-refractivity contribution < 1.29 is 9.59 Å². The van der Waals surface area contributed by atoms with E-state index in [-0.39, 0.29) is 17.9 Å². The van der Waals surface area contributed by atoms with Gasteiger partial charge in [0.1, 0.15) is 0 Å². The predicted molar refractivity (Wildman–Crippen MR) is 99.2 cm³/mol. The van der Waals surface area contributed by atoms with Gasteiger partial charge in [-0.15, -0.1) is 0 Å². The Morgan fingerprint density at radius 3 is 1.84 bits per heavy atom. The third-order valence-corrected chi connectivity index (χ3v) is 6.28. The molecule has 0 aromatic carbocycles. The van der Waals surface area contributed by atoms with Crippen molar-refractivity contribution in [1.29, 1.82) is 0 Å². The van der Waals surface area contributed by atoms with Crippen molar-refractivity contribution in [2.45, 2.75) is 64.8 Å². The highest BCUT2D eigenvalue weighted by Crippen LogP contribution is 2.32. The summed E-state index contributed by atoms with van der Waals surface area (Å²) < 4.78 is 0. The Bertz CT molecular complexity index is 460. The van der Waals surface area contributed by atoms with E-state index in [0.29, 0.717) is 11.8 Å². The quantitative estimate of drug-likeness (QED) is 0.783.